The van der Waals surface area contributed by atoms with Crippen LogP contribution in [0.5, 0.6) is 5.75 Å². The summed E-state index contributed by atoms with van der Waals surface area (Å²) in [6, 6.07) is 9.84. The van der Waals surface area contributed by atoms with Gasteiger partial charge in [0.05, 0.1) is 7.11 Å². The lowest BCUT2D eigenvalue weighted by Crippen LogP contribution is -2.45. The Morgan fingerprint density at radius 2 is 1.74 bits per heavy atom. The summed E-state index contributed by atoms with van der Waals surface area (Å²) >= 11 is 3.56. The van der Waals surface area contributed by atoms with E-state index in [1.165, 1.54) is 19.3 Å². The van der Waals surface area contributed by atoms with Gasteiger partial charge in [0.15, 0.2) is 5.78 Å². The van der Waals surface area contributed by atoms with Crippen LogP contribution in [-0.4, -0.2) is 38.4 Å². The summed E-state index contributed by atoms with van der Waals surface area (Å²) in [6.45, 7) is 11.1. The normalized spacial score (nSPS) is 19.0. The van der Waals surface area contributed by atoms with Crippen molar-refractivity contribution in [3.05, 3.63) is 51.5 Å². The van der Waals surface area contributed by atoms with E-state index in [0.29, 0.717) is 5.92 Å². The molecule has 6 nitrogen and oxygen atoms in total. The van der Waals surface area contributed by atoms with E-state index in [1.54, 1.807) is 14.0 Å². The van der Waals surface area contributed by atoms with Gasteiger partial charge in [-0.15, -0.1) is 0 Å². The lowest BCUT2D eigenvalue weighted by atomic mass is 9.80. The second-order valence-corrected chi connectivity index (χ2v) is 11.5. The minimum Gasteiger partial charge on any atom is -0.496 e. The summed E-state index contributed by atoms with van der Waals surface area (Å²) in [5.41, 5.74) is 4.85. The van der Waals surface area contributed by atoms with E-state index in [2.05, 4.69) is 51.8 Å². The molecule has 38 heavy (non-hydrogen) atoms. The number of anilines is 2. The Labute approximate surface area is 236 Å². The van der Waals surface area contributed by atoms with Crippen LogP contribution in [0.1, 0.15) is 74.4 Å². The molecule has 2 fully saturated rings. The van der Waals surface area contributed by atoms with Gasteiger partial charge in [-0.3, -0.25) is 9.59 Å². The second-order valence-electron chi connectivity index (χ2n) is 10.6. The topological polar surface area (TPSA) is 79.5 Å². The molecule has 1 saturated heterocycles. The van der Waals surface area contributed by atoms with Gasteiger partial charge < -0.3 is 20.7 Å². The van der Waals surface area contributed by atoms with Crippen LogP contribution in [0, 0.1) is 24.7 Å². The number of amides is 1. The van der Waals surface area contributed by atoms with E-state index in [1.807, 2.05) is 31.2 Å². The maximum Gasteiger partial charge on any atom is 0.227 e. The van der Waals surface area contributed by atoms with Crippen LogP contribution in [0.4, 0.5) is 11.4 Å². The quantitative estimate of drug-likeness (QED) is 0.276. The minimum atomic E-state index is 0.126. The highest BCUT2D eigenvalue weighted by atomic mass is 79.9. The summed E-state index contributed by atoms with van der Waals surface area (Å²) in [5, 5.41) is 9.69. The molecule has 2 aromatic rings. The number of hydrogen-bond acceptors (Lipinski definition) is 5. The van der Waals surface area contributed by atoms with Gasteiger partial charge in [0, 0.05) is 58.9 Å². The number of rotatable bonds is 9. The number of hydrogen-bond donors (Lipinski definition) is 3. The number of methoxy groups -OCH3 is 1. The standard InChI is InChI=1S/C17H25NO2.C14H19BrN2O/c1-4-13-6-8-14(9-7-13)17(19)18-15-10-5-12(2)16(11-15)20-3;1-3-12-13(9(2)18)4-11(5-14(12)15)17-8-10-6-16-7-10/h5,10-11,13-14H,4,6-9H2,1-3H3,(H,18,19);4-5,10,16-17H,3,6-8H2,1-2H3. The zero-order chi connectivity index (χ0) is 27.7. The Balaban J connectivity index is 0.000000212. The molecule has 7 heteroatoms. The number of nitrogens with one attached hydrogen (secondary N) is 3. The van der Waals surface area contributed by atoms with Gasteiger partial charge in [-0.05, 0) is 81.2 Å². The van der Waals surface area contributed by atoms with E-state index in [4.69, 9.17) is 4.74 Å². The second kappa shape index (κ2) is 14.7. The third-order valence-corrected chi connectivity index (χ3v) is 8.57. The van der Waals surface area contributed by atoms with Crippen LogP contribution in [0.25, 0.3) is 0 Å². The van der Waals surface area contributed by atoms with E-state index in [-0.39, 0.29) is 17.6 Å². The zero-order valence-corrected chi connectivity index (χ0v) is 25.2. The maximum absolute atomic E-state index is 12.3. The summed E-state index contributed by atoms with van der Waals surface area (Å²) in [6.07, 6.45) is 6.52. The number of benzene rings is 2. The van der Waals surface area contributed by atoms with Crippen molar-refractivity contribution < 1.29 is 14.3 Å². The molecule has 0 spiro atoms. The molecule has 0 bridgehead atoms. The Morgan fingerprint density at radius 1 is 1.03 bits per heavy atom. The van der Waals surface area contributed by atoms with Crippen LogP contribution in [0.3, 0.4) is 0 Å². The zero-order valence-electron chi connectivity index (χ0n) is 23.6. The van der Waals surface area contributed by atoms with Crippen molar-refractivity contribution in [2.45, 2.75) is 66.2 Å². The molecular weight excluding hydrogens is 542 g/mol. The predicted octanol–water partition coefficient (Wildman–Crippen LogP) is 7.00. The van der Waals surface area contributed by atoms with Crippen LogP contribution in [0.15, 0.2) is 34.8 Å². The molecular formula is C31H44BrN3O3. The van der Waals surface area contributed by atoms with Crippen molar-refractivity contribution in [1.82, 2.24) is 5.32 Å². The summed E-state index contributed by atoms with van der Waals surface area (Å²) in [5.74, 6) is 2.79. The molecule has 3 N–H and O–H groups in total. The molecule has 1 aliphatic carbocycles. The smallest absolute Gasteiger partial charge is 0.227 e. The van der Waals surface area contributed by atoms with E-state index < -0.39 is 0 Å². The molecule has 0 unspecified atom stereocenters. The predicted molar refractivity (Wildman–Crippen MR) is 160 cm³/mol. The molecule has 0 aromatic heterocycles. The molecule has 0 radical (unpaired) electrons. The maximum atomic E-state index is 12.3. The number of carbonyl (C=O) groups excluding carboxylic acids is 2. The third kappa shape index (κ3) is 8.31. The summed E-state index contributed by atoms with van der Waals surface area (Å²) in [7, 11) is 1.65. The van der Waals surface area contributed by atoms with Gasteiger partial charge in [-0.1, -0.05) is 42.3 Å². The lowest BCUT2D eigenvalue weighted by Gasteiger charge is -2.27. The van der Waals surface area contributed by atoms with E-state index in [0.717, 1.165) is 83.1 Å². The lowest BCUT2D eigenvalue weighted by molar-refractivity contribution is -0.121. The molecule has 0 atom stereocenters. The van der Waals surface area contributed by atoms with Crippen molar-refractivity contribution in [2.24, 2.45) is 17.8 Å². The fourth-order valence-electron chi connectivity index (χ4n) is 5.14. The number of carbonyl (C=O) groups is 2. The highest BCUT2D eigenvalue weighted by molar-refractivity contribution is 9.10. The molecule has 4 rings (SSSR count). The first-order valence-electron chi connectivity index (χ1n) is 14.0. The van der Waals surface area contributed by atoms with Crippen molar-refractivity contribution >= 4 is 39.0 Å². The van der Waals surface area contributed by atoms with Gasteiger partial charge in [0.1, 0.15) is 5.75 Å². The largest absolute Gasteiger partial charge is 0.496 e. The summed E-state index contributed by atoms with van der Waals surface area (Å²) < 4.78 is 6.31. The van der Waals surface area contributed by atoms with Crippen LogP contribution >= 0.6 is 15.9 Å². The fourth-order valence-corrected chi connectivity index (χ4v) is 5.88. The first-order valence-corrected chi connectivity index (χ1v) is 14.8. The van der Waals surface area contributed by atoms with Crippen LogP contribution < -0.4 is 20.7 Å². The van der Waals surface area contributed by atoms with Crippen molar-refractivity contribution in [2.75, 3.05) is 37.4 Å². The number of Topliss-reactive ketones (excluding diaryl/α,β-unsaturated/α-hetero) is 1. The van der Waals surface area contributed by atoms with Crippen molar-refractivity contribution in [3.8, 4) is 5.75 Å². The monoisotopic (exact) mass is 585 g/mol. The van der Waals surface area contributed by atoms with Gasteiger partial charge in [-0.2, -0.15) is 0 Å². The average molecular weight is 587 g/mol. The summed E-state index contributed by atoms with van der Waals surface area (Å²) in [4.78, 5) is 24.0. The molecule has 1 aliphatic heterocycles. The molecule has 1 heterocycles. The van der Waals surface area contributed by atoms with Gasteiger partial charge in [0.25, 0.3) is 0 Å². The Morgan fingerprint density at radius 3 is 2.29 bits per heavy atom. The van der Waals surface area contributed by atoms with Gasteiger partial charge in [-0.25, -0.2) is 0 Å². The molecule has 2 aromatic carbocycles. The SMILES string of the molecule is CCC1CCC(C(=O)Nc2ccc(C)c(OC)c2)CC1.CCc1c(Br)cc(NCC2CNC2)cc1C(C)=O. The molecule has 1 saturated carbocycles. The Bertz CT molecular complexity index is 1090. The average Bonchev–Trinajstić information content (AvgIpc) is 2.89. The minimum absolute atomic E-state index is 0.126. The number of aryl methyl sites for hydroxylation is 1. The number of ether oxygens (including phenoxy) is 1. The number of ketones is 1. The molecule has 208 valence electrons. The van der Waals surface area contributed by atoms with Crippen LogP contribution in [-0.2, 0) is 11.2 Å². The van der Waals surface area contributed by atoms with Gasteiger partial charge >= 0.3 is 0 Å². The van der Waals surface area contributed by atoms with E-state index in [9.17, 15) is 9.59 Å². The molecule has 2 aliphatic rings. The molecule has 1 amide bonds. The fraction of sp³-hybridized carbons (Fsp3) is 0.548. The van der Waals surface area contributed by atoms with Crippen LogP contribution in [0.2, 0.25) is 0 Å². The highest BCUT2D eigenvalue weighted by Gasteiger charge is 2.25. The Kier molecular flexibility index (Phi) is 11.7. The third-order valence-electron chi connectivity index (χ3n) is 7.86. The van der Waals surface area contributed by atoms with Crippen molar-refractivity contribution in [3.63, 3.8) is 0 Å². The highest BCUT2D eigenvalue weighted by Crippen LogP contribution is 2.32. The first-order chi connectivity index (χ1) is 18.2. The van der Waals surface area contributed by atoms with Crippen molar-refractivity contribution in [1.29, 1.82) is 0 Å². The number of halogens is 1. The van der Waals surface area contributed by atoms with E-state index >= 15 is 0 Å². The first kappa shape index (κ1) is 30.2. The van der Waals surface area contributed by atoms with Gasteiger partial charge in [0.2, 0.25) is 5.91 Å². The Hall–Kier alpha value is -2.38.